The molecule has 6 rings (SSSR count). The van der Waals surface area contributed by atoms with Gasteiger partial charge in [-0.05, 0) is 25.5 Å². The Kier molecular flexibility index (Phi) is 6.10. The highest BCUT2D eigenvalue weighted by molar-refractivity contribution is 5.89. The molecule has 2 aliphatic heterocycles. The van der Waals surface area contributed by atoms with Crippen molar-refractivity contribution in [2.45, 2.75) is 37.9 Å². The van der Waals surface area contributed by atoms with E-state index >= 15 is 13.2 Å². The zero-order valence-electron chi connectivity index (χ0n) is 20.9. The number of likely N-dealkylation sites (tertiary alicyclic amines) is 1. The highest BCUT2D eigenvalue weighted by Crippen LogP contribution is 2.35. The van der Waals surface area contributed by atoms with E-state index in [0.29, 0.717) is 42.3 Å². The number of halogens is 4. The van der Waals surface area contributed by atoms with Crippen LogP contribution in [-0.2, 0) is 11.3 Å². The van der Waals surface area contributed by atoms with Gasteiger partial charge in [0, 0.05) is 13.6 Å². The molecule has 6 heterocycles. The number of hydrogen-bond acceptors (Lipinski definition) is 8. The molecule has 0 spiro atoms. The largest absolute Gasteiger partial charge is 0.378 e. The van der Waals surface area contributed by atoms with Crippen LogP contribution in [0.3, 0.4) is 0 Å². The molecule has 0 amide bonds. The van der Waals surface area contributed by atoms with Crippen LogP contribution >= 0.6 is 0 Å². The number of pyridine rings is 1. The number of fused-ring (bicyclic) bond motifs is 2. The van der Waals surface area contributed by atoms with Crippen molar-refractivity contribution in [3.8, 4) is 11.3 Å². The van der Waals surface area contributed by atoms with Gasteiger partial charge in [-0.15, -0.1) is 5.10 Å². The van der Waals surface area contributed by atoms with Crippen molar-refractivity contribution in [2.24, 2.45) is 0 Å². The number of imidazole rings is 1. The van der Waals surface area contributed by atoms with Crippen LogP contribution in [0.2, 0.25) is 0 Å². The molecule has 14 heteroatoms. The second kappa shape index (κ2) is 9.34. The fourth-order valence-electron chi connectivity index (χ4n) is 5.18. The van der Waals surface area contributed by atoms with Gasteiger partial charge in [-0.25, -0.2) is 32.0 Å². The van der Waals surface area contributed by atoms with Crippen LogP contribution in [-0.4, -0.2) is 92.1 Å². The van der Waals surface area contributed by atoms with Gasteiger partial charge in [-0.3, -0.25) is 4.90 Å². The Morgan fingerprint density at radius 3 is 2.68 bits per heavy atom. The lowest BCUT2D eigenvalue weighted by molar-refractivity contribution is -0.131. The maximum Gasteiger partial charge on any atom is 0.280 e. The van der Waals surface area contributed by atoms with E-state index in [2.05, 4.69) is 30.7 Å². The van der Waals surface area contributed by atoms with Gasteiger partial charge in [0.15, 0.2) is 17.3 Å². The third-order valence-corrected chi connectivity index (χ3v) is 7.24. The van der Waals surface area contributed by atoms with Crippen LogP contribution in [0, 0.1) is 12.7 Å². The van der Waals surface area contributed by atoms with Crippen LogP contribution in [0.5, 0.6) is 0 Å². The molecule has 2 N–H and O–H groups in total. The molecule has 1 atom stereocenters. The Hall–Kier alpha value is -3.52. The number of piperidine rings is 1. The maximum absolute atomic E-state index is 15.3. The van der Waals surface area contributed by atoms with Gasteiger partial charge in [0.05, 0.1) is 55.8 Å². The van der Waals surface area contributed by atoms with E-state index in [4.69, 9.17) is 4.74 Å². The monoisotopic (exact) mass is 533 g/mol. The van der Waals surface area contributed by atoms with Crippen LogP contribution < -0.4 is 10.6 Å². The molecular formula is C24H27F4N9O. The summed E-state index contributed by atoms with van der Waals surface area (Å²) in [6.45, 7) is 2.30. The van der Waals surface area contributed by atoms with E-state index in [1.165, 1.54) is 4.52 Å². The van der Waals surface area contributed by atoms with Crippen LogP contribution in [0.1, 0.15) is 12.2 Å². The first kappa shape index (κ1) is 24.8. The molecule has 0 aliphatic carbocycles. The van der Waals surface area contributed by atoms with Crippen LogP contribution in [0.25, 0.3) is 27.9 Å². The van der Waals surface area contributed by atoms with Gasteiger partial charge in [-0.1, -0.05) is 0 Å². The lowest BCUT2D eigenvalue weighted by Crippen LogP contribution is -2.61. The number of alkyl halides is 3. The molecule has 4 aromatic rings. The number of aryl methyl sites for hydroxylation is 2. The minimum Gasteiger partial charge on any atom is -0.378 e. The Balaban J connectivity index is 1.34. The summed E-state index contributed by atoms with van der Waals surface area (Å²) in [4.78, 5) is 15.1. The molecule has 0 saturated carbocycles. The number of nitrogens with zero attached hydrogens (tertiary/aromatic N) is 7. The topological polar surface area (TPSA) is 97.4 Å². The number of aromatic nitrogens is 6. The molecule has 2 aliphatic rings. The van der Waals surface area contributed by atoms with E-state index in [9.17, 15) is 4.39 Å². The first-order chi connectivity index (χ1) is 18.3. The third kappa shape index (κ3) is 4.11. The quantitative estimate of drug-likeness (QED) is 0.350. The summed E-state index contributed by atoms with van der Waals surface area (Å²) in [6.07, 6.45) is 1.35. The van der Waals surface area contributed by atoms with Crippen molar-refractivity contribution < 1.29 is 22.3 Å². The summed E-state index contributed by atoms with van der Waals surface area (Å²) in [5.41, 5.74) is 1.72. The first-order valence-electron chi connectivity index (χ1n) is 12.4. The highest BCUT2D eigenvalue weighted by atomic mass is 19.3. The number of ether oxygens (including phenoxy) is 1. The molecule has 0 unspecified atom stereocenters. The summed E-state index contributed by atoms with van der Waals surface area (Å²) in [6, 6.07) is 2.17. The van der Waals surface area contributed by atoms with Gasteiger partial charge in [0.2, 0.25) is 5.95 Å². The summed E-state index contributed by atoms with van der Waals surface area (Å²) >= 11 is 0. The van der Waals surface area contributed by atoms with E-state index < -0.39 is 24.5 Å². The number of nitrogens with one attached hydrogen (secondary N) is 2. The summed E-state index contributed by atoms with van der Waals surface area (Å²) in [7, 11) is 1.60. The standard InChI is InChI=1S/C24H27F4N9O/c1-13-30-17-4-3-16(31-22(17)36(13)8-6-25)19-15(26)9-37-20(19)21(29-2)33-23(34-37)32-18-5-7-35(12-24(18,27)28)14-10-38-11-14/h3-4,9,14,18H,5-8,10-12H2,1-2H3,(H2,29,32,33,34)/t18-/m1/s1. The zero-order valence-corrected chi connectivity index (χ0v) is 20.9. The van der Waals surface area contributed by atoms with Crippen LogP contribution in [0.15, 0.2) is 18.3 Å². The van der Waals surface area contributed by atoms with Crippen molar-refractivity contribution in [1.82, 2.24) is 34.0 Å². The Morgan fingerprint density at radius 2 is 2.00 bits per heavy atom. The van der Waals surface area contributed by atoms with Gasteiger partial charge in [0.1, 0.15) is 23.5 Å². The summed E-state index contributed by atoms with van der Waals surface area (Å²) in [5.74, 6) is -2.84. The molecule has 10 nitrogen and oxygen atoms in total. The lowest BCUT2D eigenvalue weighted by atomic mass is 9.98. The molecule has 38 heavy (non-hydrogen) atoms. The molecular weight excluding hydrogens is 506 g/mol. The molecule has 2 fully saturated rings. The molecule has 202 valence electrons. The van der Waals surface area contributed by atoms with Gasteiger partial charge in [-0.2, -0.15) is 4.98 Å². The Bertz CT molecular complexity index is 1500. The third-order valence-electron chi connectivity index (χ3n) is 7.24. The number of rotatable bonds is 7. The maximum atomic E-state index is 15.3. The average Bonchev–Trinajstić information content (AvgIpc) is 3.34. The zero-order chi connectivity index (χ0) is 26.6. The molecule has 0 aromatic carbocycles. The molecule has 0 bridgehead atoms. The normalized spacial score (nSPS) is 20.2. The minimum absolute atomic E-state index is 0.0268. The van der Waals surface area contributed by atoms with Gasteiger partial charge in [0.25, 0.3) is 5.92 Å². The molecule has 0 radical (unpaired) electrons. The fourth-order valence-corrected chi connectivity index (χ4v) is 5.18. The van der Waals surface area contributed by atoms with E-state index in [0.717, 1.165) is 6.20 Å². The van der Waals surface area contributed by atoms with Crippen molar-refractivity contribution in [1.29, 1.82) is 0 Å². The number of anilines is 2. The van der Waals surface area contributed by atoms with Crippen molar-refractivity contribution in [2.75, 3.05) is 50.7 Å². The van der Waals surface area contributed by atoms with Crippen molar-refractivity contribution >= 4 is 28.4 Å². The van der Waals surface area contributed by atoms with E-state index in [1.54, 1.807) is 35.6 Å². The SMILES string of the molecule is CNc1nc(N[C@@H]2CCN(C3COC3)CC2(F)F)nn2cc(F)c(-c3ccc4nc(C)n(CCF)c4n3)c12. The summed E-state index contributed by atoms with van der Waals surface area (Å²) < 4.78 is 66.5. The van der Waals surface area contributed by atoms with E-state index in [1.807, 2.05) is 0 Å². The van der Waals surface area contributed by atoms with E-state index in [-0.39, 0.29) is 48.6 Å². The highest BCUT2D eigenvalue weighted by Gasteiger charge is 2.47. The van der Waals surface area contributed by atoms with Gasteiger partial charge >= 0.3 is 0 Å². The minimum atomic E-state index is -3.01. The first-order valence-corrected chi connectivity index (χ1v) is 12.4. The fraction of sp³-hybridized carbons (Fsp3) is 0.500. The predicted molar refractivity (Wildman–Crippen MR) is 133 cm³/mol. The second-order valence-corrected chi connectivity index (χ2v) is 9.63. The Labute approximate surface area is 215 Å². The van der Waals surface area contributed by atoms with Crippen molar-refractivity contribution in [3.63, 3.8) is 0 Å². The molecule has 4 aromatic heterocycles. The smallest absolute Gasteiger partial charge is 0.280 e. The van der Waals surface area contributed by atoms with Crippen LogP contribution in [0.4, 0.5) is 29.3 Å². The van der Waals surface area contributed by atoms with Crippen molar-refractivity contribution in [3.05, 3.63) is 30.0 Å². The predicted octanol–water partition coefficient (Wildman–Crippen LogP) is 3.12. The average molecular weight is 534 g/mol. The lowest BCUT2D eigenvalue weighted by Gasteiger charge is -2.44. The van der Waals surface area contributed by atoms with Gasteiger partial charge < -0.3 is 19.9 Å². The second-order valence-electron chi connectivity index (χ2n) is 9.63. The Morgan fingerprint density at radius 1 is 1.18 bits per heavy atom. The summed E-state index contributed by atoms with van der Waals surface area (Å²) in [5, 5.41) is 9.99. The number of hydrogen-bond donors (Lipinski definition) is 2. The molecule has 2 saturated heterocycles.